The van der Waals surface area contributed by atoms with Crippen LogP contribution in [0.4, 0.5) is 0 Å². The molecule has 18 heavy (non-hydrogen) atoms. The Kier molecular flexibility index (Phi) is 8.70. The minimum absolute atomic E-state index is 0.765. The summed E-state index contributed by atoms with van der Waals surface area (Å²) in [5, 5.41) is 3.64. The van der Waals surface area contributed by atoms with Gasteiger partial charge in [0.15, 0.2) is 0 Å². The maximum atomic E-state index is 3.64. The lowest BCUT2D eigenvalue weighted by Gasteiger charge is -2.19. The molecular weight excluding hydrogens is 220 g/mol. The molecule has 0 saturated carbocycles. The van der Waals surface area contributed by atoms with Crippen LogP contribution >= 0.6 is 0 Å². The summed E-state index contributed by atoms with van der Waals surface area (Å²) < 4.78 is 0. The number of rotatable bonds is 8. The average molecular weight is 254 g/mol. The molecule has 2 nitrogen and oxygen atoms in total. The molecule has 108 valence electrons. The summed E-state index contributed by atoms with van der Waals surface area (Å²) in [6.45, 7) is 12.0. The van der Waals surface area contributed by atoms with Crippen molar-refractivity contribution in [3.8, 4) is 0 Å². The van der Waals surface area contributed by atoms with Gasteiger partial charge >= 0.3 is 0 Å². The highest BCUT2D eigenvalue weighted by molar-refractivity contribution is 4.73. The summed E-state index contributed by atoms with van der Waals surface area (Å²) in [6.07, 6.45) is 9.71. The van der Waals surface area contributed by atoms with Crippen molar-refractivity contribution in [3.05, 3.63) is 0 Å². The van der Waals surface area contributed by atoms with Crippen molar-refractivity contribution in [2.24, 2.45) is 5.92 Å². The SMILES string of the molecule is CCC1CCN(CCCCCCC(C)C)CCN1. The molecule has 0 aromatic rings. The van der Waals surface area contributed by atoms with Gasteiger partial charge in [-0.2, -0.15) is 0 Å². The van der Waals surface area contributed by atoms with Crippen LogP contribution in [0.1, 0.15) is 65.7 Å². The topological polar surface area (TPSA) is 15.3 Å². The predicted molar refractivity (Wildman–Crippen MR) is 81.1 cm³/mol. The quantitative estimate of drug-likeness (QED) is 0.665. The monoisotopic (exact) mass is 254 g/mol. The third kappa shape index (κ3) is 7.38. The van der Waals surface area contributed by atoms with Crippen molar-refractivity contribution < 1.29 is 0 Å². The van der Waals surface area contributed by atoms with E-state index in [0.717, 1.165) is 12.0 Å². The Morgan fingerprint density at radius 2 is 1.89 bits per heavy atom. The van der Waals surface area contributed by atoms with Gasteiger partial charge in [-0.15, -0.1) is 0 Å². The first-order valence-corrected chi connectivity index (χ1v) is 8.18. The normalized spacial score (nSPS) is 22.3. The lowest BCUT2D eigenvalue weighted by Crippen LogP contribution is -2.30. The molecule has 1 atom stereocenters. The molecule has 0 amide bonds. The molecule has 1 aliphatic heterocycles. The van der Waals surface area contributed by atoms with E-state index in [4.69, 9.17) is 0 Å². The van der Waals surface area contributed by atoms with E-state index in [2.05, 4.69) is 31.0 Å². The first-order valence-electron chi connectivity index (χ1n) is 8.18. The van der Waals surface area contributed by atoms with Gasteiger partial charge in [0.25, 0.3) is 0 Å². The molecular formula is C16H34N2. The Bertz CT molecular complexity index is 192. The molecule has 1 N–H and O–H groups in total. The lowest BCUT2D eigenvalue weighted by molar-refractivity contribution is 0.281. The molecule has 1 saturated heterocycles. The first-order chi connectivity index (χ1) is 8.72. The van der Waals surface area contributed by atoms with Crippen LogP contribution in [0.3, 0.4) is 0 Å². The summed E-state index contributed by atoms with van der Waals surface area (Å²) >= 11 is 0. The summed E-state index contributed by atoms with van der Waals surface area (Å²) in [4.78, 5) is 2.66. The Labute approximate surface area is 115 Å². The zero-order valence-corrected chi connectivity index (χ0v) is 12.9. The second kappa shape index (κ2) is 9.80. The number of hydrogen-bond acceptors (Lipinski definition) is 2. The standard InChI is InChI=1S/C16H34N2/c1-4-16-10-13-18(14-11-17-16)12-8-6-5-7-9-15(2)3/h15-17H,4-14H2,1-3H3. The van der Waals surface area contributed by atoms with Crippen molar-refractivity contribution in [2.75, 3.05) is 26.2 Å². The lowest BCUT2D eigenvalue weighted by atomic mass is 10.0. The minimum Gasteiger partial charge on any atom is -0.313 e. The zero-order chi connectivity index (χ0) is 13.2. The Balaban J connectivity index is 1.98. The van der Waals surface area contributed by atoms with Crippen LogP contribution in [0.5, 0.6) is 0 Å². The molecule has 0 spiro atoms. The second-order valence-electron chi connectivity index (χ2n) is 6.29. The fourth-order valence-electron chi connectivity index (χ4n) is 2.79. The molecule has 1 rings (SSSR count). The van der Waals surface area contributed by atoms with Crippen LogP contribution in [0, 0.1) is 5.92 Å². The van der Waals surface area contributed by atoms with Crippen molar-refractivity contribution in [3.63, 3.8) is 0 Å². The molecule has 0 radical (unpaired) electrons. The molecule has 0 aliphatic carbocycles. The summed E-state index contributed by atoms with van der Waals surface area (Å²) in [5.41, 5.74) is 0. The van der Waals surface area contributed by atoms with E-state index in [1.54, 1.807) is 0 Å². The van der Waals surface area contributed by atoms with E-state index >= 15 is 0 Å². The predicted octanol–water partition coefficient (Wildman–Crippen LogP) is 3.67. The maximum Gasteiger partial charge on any atom is 0.0107 e. The van der Waals surface area contributed by atoms with Gasteiger partial charge in [-0.25, -0.2) is 0 Å². The molecule has 1 heterocycles. The molecule has 1 fully saturated rings. The van der Waals surface area contributed by atoms with Crippen molar-refractivity contribution in [2.45, 2.75) is 71.8 Å². The van der Waals surface area contributed by atoms with E-state index in [1.165, 1.54) is 71.1 Å². The van der Waals surface area contributed by atoms with Crippen molar-refractivity contribution in [1.29, 1.82) is 0 Å². The Morgan fingerprint density at radius 3 is 2.61 bits per heavy atom. The van der Waals surface area contributed by atoms with Crippen molar-refractivity contribution in [1.82, 2.24) is 10.2 Å². The highest BCUT2D eigenvalue weighted by atomic mass is 15.2. The largest absolute Gasteiger partial charge is 0.313 e. The maximum absolute atomic E-state index is 3.64. The first kappa shape index (κ1) is 16.0. The van der Waals surface area contributed by atoms with Gasteiger partial charge in [-0.1, -0.05) is 46.5 Å². The van der Waals surface area contributed by atoms with E-state index in [0.29, 0.717) is 0 Å². The number of nitrogens with zero attached hydrogens (tertiary/aromatic N) is 1. The van der Waals surface area contributed by atoms with Gasteiger partial charge in [-0.3, -0.25) is 0 Å². The Morgan fingerprint density at radius 1 is 1.11 bits per heavy atom. The van der Waals surface area contributed by atoms with E-state index < -0.39 is 0 Å². The van der Waals surface area contributed by atoms with Crippen LogP contribution in [0.15, 0.2) is 0 Å². The third-order valence-corrected chi connectivity index (χ3v) is 4.15. The van der Waals surface area contributed by atoms with E-state index in [1.807, 2.05) is 0 Å². The van der Waals surface area contributed by atoms with Crippen LogP contribution in [-0.4, -0.2) is 37.1 Å². The van der Waals surface area contributed by atoms with Crippen LogP contribution in [-0.2, 0) is 0 Å². The van der Waals surface area contributed by atoms with Crippen LogP contribution in [0.25, 0.3) is 0 Å². The highest BCUT2D eigenvalue weighted by Crippen LogP contribution is 2.11. The summed E-state index contributed by atoms with van der Waals surface area (Å²) in [5.74, 6) is 0.882. The van der Waals surface area contributed by atoms with Gasteiger partial charge in [0.1, 0.15) is 0 Å². The van der Waals surface area contributed by atoms with E-state index in [-0.39, 0.29) is 0 Å². The highest BCUT2D eigenvalue weighted by Gasteiger charge is 2.13. The molecule has 0 bridgehead atoms. The average Bonchev–Trinajstić information content (AvgIpc) is 2.58. The van der Waals surface area contributed by atoms with Crippen LogP contribution < -0.4 is 5.32 Å². The van der Waals surface area contributed by atoms with Gasteiger partial charge in [0, 0.05) is 19.1 Å². The van der Waals surface area contributed by atoms with E-state index in [9.17, 15) is 0 Å². The minimum atomic E-state index is 0.765. The number of hydrogen-bond donors (Lipinski definition) is 1. The molecule has 1 aliphatic rings. The van der Waals surface area contributed by atoms with Crippen LogP contribution in [0.2, 0.25) is 0 Å². The molecule has 2 heteroatoms. The number of unbranched alkanes of at least 4 members (excludes halogenated alkanes) is 3. The smallest absolute Gasteiger partial charge is 0.0107 e. The molecule has 0 aromatic carbocycles. The van der Waals surface area contributed by atoms with Crippen molar-refractivity contribution >= 4 is 0 Å². The molecule has 1 unspecified atom stereocenters. The summed E-state index contributed by atoms with van der Waals surface area (Å²) in [7, 11) is 0. The molecule has 0 aromatic heterocycles. The fourth-order valence-corrected chi connectivity index (χ4v) is 2.79. The Hall–Kier alpha value is -0.0800. The number of nitrogens with one attached hydrogen (secondary N) is 1. The second-order valence-corrected chi connectivity index (χ2v) is 6.29. The summed E-state index contributed by atoms with van der Waals surface area (Å²) in [6, 6.07) is 0.765. The van der Waals surface area contributed by atoms with Gasteiger partial charge < -0.3 is 10.2 Å². The van der Waals surface area contributed by atoms with Gasteiger partial charge in [0.05, 0.1) is 0 Å². The fraction of sp³-hybridized carbons (Fsp3) is 1.00. The van der Waals surface area contributed by atoms with Gasteiger partial charge in [-0.05, 0) is 38.3 Å². The third-order valence-electron chi connectivity index (χ3n) is 4.15. The zero-order valence-electron chi connectivity index (χ0n) is 12.9. The van der Waals surface area contributed by atoms with Gasteiger partial charge in [0.2, 0.25) is 0 Å².